The van der Waals surface area contributed by atoms with Gasteiger partial charge in [-0.2, -0.15) is 0 Å². The summed E-state index contributed by atoms with van der Waals surface area (Å²) in [6.07, 6.45) is 0. The molecule has 0 fully saturated rings. The summed E-state index contributed by atoms with van der Waals surface area (Å²) in [5.74, 6) is 0.674. The minimum absolute atomic E-state index is 0.470. The van der Waals surface area contributed by atoms with E-state index in [4.69, 9.17) is 0 Å². The number of nitrogens with one attached hydrogen (secondary N) is 1. The fourth-order valence-corrected chi connectivity index (χ4v) is 2.33. The number of hydrogen-bond acceptors (Lipinski definition) is 2. The molecule has 1 N–H and O–H groups in total. The molecular weight excluding hydrogens is 232 g/mol. The zero-order valence-corrected chi connectivity index (χ0v) is 13.2. The zero-order chi connectivity index (χ0) is 14.3. The maximum Gasteiger partial charge on any atom is 0.0472 e. The van der Waals surface area contributed by atoms with Gasteiger partial charge in [-0.3, -0.25) is 4.90 Å². The van der Waals surface area contributed by atoms with Gasteiger partial charge in [0.15, 0.2) is 0 Å². The van der Waals surface area contributed by atoms with Gasteiger partial charge in [0.25, 0.3) is 0 Å². The van der Waals surface area contributed by atoms with E-state index in [0.717, 1.165) is 19.6 Å². The first-order chi connectivity index (χ1) is 9.10. The Labute approximate surface area is 119 Å². The fourth-order valence-electron chi connectivity index (χ4n) is 2.33. The fraction of sp³-hybridized carbons (Fsp3) is 0.647. The molecule has 0 saturated carbocycles. The Morgan fingerprint density at radius 3 is 2.05 bits per heavy atom. The molecule has 2 heteroatoms. The lowest BCUT2D eigenvalue weighted by atomic mass is 10.0. The van der Waals surface area contributed by atoms with Gasteiger partial charge < -0.3 is 5.32 Å². The smallest absolute Gasteiger partial charge is 0.0472 e. The maximum atomic E-state index is 3.69. The summed E-state index contributed by atoms with van der Waals surface area (Å²) < 4.78 is 0. The van der Waals surface area contributed by atoms with Crippen molar-refractivity contribution in [2.75, 3.05) is 19.6 Å². The molecule has 2 unspecified atom stereocenters. The normalized spacial score (nSPS) is 14.9. The minimum atomic E-state index is 0.470. The molecule has 0 heterocycles. The molecule has 0 amide bonds. The number of nitrogens with zero attached hydrogens (tertiary/aromatic N) is 1. The van der Waals surface area contributed by atoms with Gasteiger partial charge in [-0.15, -0.1) is 0 Å². The van der Waals surface area contributed by atoms with Crippen molar-refractivity contribution in [3.63, 3.8) is 0 Å². The van der Waals surface area contributed by atoms with Crippen LogP contribution in [0.25, 0.3) is 0 Å². The third-order valence-electron chi connectivity index (χ3n) is 4.07. The summed E-state index contributed by atoms with van der Waals surface area (Å²) in [5, 5.41) is 3.69. The SMILES string of the molecule is CCN(CC)C(CNC(C)C(C)C)c1ccccc1. The van der Waals surface area contributed by atoms with Crippen LogP contribution >= 0.6 is 0 Å². The molecule has 0 saturated heterocycles. The Balaban J connectivity index is 2.76. The highest BCUT2D eigenvalue weighted by atomic mass is 15.2. The highest BCUT2D eigenvalue weighted by Crippen LogP contribution is 2.20. The molecule has 1 rings (SSSR count). The van der Waals surface area contributed by atoms with Crippen molar-refractivity contribution >= 4 is 0 Å². The molecule has 1 aromatic rings. The van der Waals surface area contributed by atoms with Gasteiger partial charge in [0.05, 0.1) is 0 Å². The third kappa shape index (κ3) is 4.96. The largest absolute Gasteiger partial charge is 0.312 e. The van der Waals surface area contributed by atoms with Crippen molar-refractivity contribution in [3.05, 3.63) is 35.9 Å². The molecule has 0 aliphatic carbocycles. The van der Waals surface area contributed by atoms with E-state index in [0.29, 0.717) is 18.0 Å². The Morgan fingerprint density at radius 2 is 1.58 bits per heavy atom. The monoisotopic (exact) mass is 262 g/mol. The van der Waals surface area contributed by atoms with Gasteiger partial charge in [-0.05, 0) is 31.5 Å². The Bertz CT molecular complexity index is 330. The molecule has 0 aliphatic heterocycles. The molecule has 1 aromatic carbocycles. The molecule has 0 spiro atoms. The van der Waals surface area contributed by atoms with Gasteiger partial charge >= 0.3 is 0 Å². The predicted octanol–water partition coefficient (Wildman–Crippen LogP) is 3.70. The van der Waals surface area contributed by atoms with E-state index >= 15 is 0 Å². The quantitative estimate of drug-likeness (QED) is 0.768. The maximum absolute atomic E-state index is 3.69. The first kappa shape index (κ1) is 16.2. The molecule has 0 aliphatic rings. The molecule has 2 atom stereocenters. The van der Waals surface area contributed by atoms with Crippen LogP contribution in [0.4, 0.5) is 0 Å². The highest BCUT2D eigenvalue weighted by molar-refractivity contribution is 5.19. The highest BCUT2D eigenvalue weighted by Gasteiger charge is 2.18. The summed E-state index contributed by atoms with van der Waals surface area (Å²) in [6.45, 7) is 14.5. The van der Waals surface area contributed by atoms with Gasteiger partial charge in [0.2, 0.25) is 0 Å². The second-order valence-corrected chi connectivity index (χ2v) is 5.59. The van der Waals surface area contributed by atoms with E-state index in [2.05, 4.69) is 75.2 Å². The van der Waals surface area contributed by atoms with Crippen LogP contribution in [0.5, 0.6) is 0 Å². The lowest BCUT2D eigenvalue weighted by molar-refractivity contribution is 0.205. The summed E-state index contributed by atoms with van der Waals surface area (Å²) in [5.41, 5.74) is 1.41. The van der Waals surface area contributed by atoms with Crippen LogP contribution in [0, 0.1) is 5.92 Å². The average molecular weight is 262 g/mol. The summed E-state index contributed by atoms with van der Waals surface area (Å²) in [4.78, 5) is 2.52. The number of hydrogen-bond donors (Lipinski definition) is 1. The van der Waals surface area contributed by atoms with E-state index in [-0.39, 0.29) is 0 Å². The van der Waals surface area contributed by atoms with Crippen molar-refractivity contribution in [1.29, 1.82) is 0 Å². The third-order valence-corrected chi connectivity index (χ3v) is 4.07. The van der Waals surface area contributed by atoms with Crippen molar-refractivity contribution in [2.24, 2.45) is 5.92 Å². The summed E-state index contributed by atoms with van der Waals surface area (Å²) in [7, 11) is 0. The molecule has 19 heavy (non-hydrogen) atoms. The summed E-state index contributed by atoms with van der Waals surface area (Å²) in [6, 6.07) is 11.9. The van der Waals surface area contributed by atoms with Crippen LogP contribution < -0.4 is 5.32 Å². The molecule has 108 valence electrons. The van der Waals surface area contributed by atoms with Crippen LogP contribution in [0.2, 0.25) is 0 Å². The number of likely N-dealkylation sites (N-methyl/N-ethyl adjacent to an activating group) is 1. The van der Waals surface area contributed by atoms with Crippen LogP contribution in [0.3, 0.4) is 0 Å². The Hall–Kier alpha value is -0.860. The second-order valence-electron chi connectivity index (χ2n) is 5.59. The average Bonchev–Trinajstić information content (AvgIpc) is 2.43. The van der Waals surface area contributed by atoms with Crippen molar-refractivity contribution in [2.45, 2.75) is 46.7 Å². The first-order valence-corrected chi connectivity index (χ1v) is 7.62. The Kier molecular flexibility index (Phi) is 7.11. The molecule has 0 aromatic heterocycles. The van der Waals surface area contributed by atoms with E-state index in [1.165, 1.54) is 5.56 Å². The van der Waals surface area contributed by atoms with E-state index in [1.807, 2.05) is 0 Å². The van der Waals surface area contributed by atoms with Crippen LogP contribution in [0.1, 0.15) is 46.2 Å². The standard InChI is InChI=1S/C17H30N2/c1-6-19(7-2)17(13-18-15(5)14(3)4)16-11-9-8-10-12-16/h8-12,14-15,17-18H,6-7,13H2,1-5H3. The second kappa shape index (κ2) is 8.34. The van der Waals surface area contributed by atoms with Crippen LogP contribution in [0.15, 0.2) is 30.3 Å². The molecule has 0 bridgehead atoms. The molecule has 2 nitrogen and oxygen atoms in total. The van der Waals surface area contributed by atoms with E-state index in [1.54, 1.807) is 0 Å². The van der Waals surface area contributed by atoms with Crippen molar-refractivity contribution in [3.8, 4) is 0 Å². The van der Waals surface area contributed by atoms with E-state index in [9.17, 15) is 0 Å². The topological polar surface area (TPSA) is 15.3 Å². The van der Waals surface area contributed by atoms with Crippen molar-refractivity contribution in [1.82, 2.24) is 10.2 Å². The summed E-state index contributed by atoms with van der Waals surface area (Å²) >= 11 is 0. The van der Waals surface area contributed by atoms with E-state index < -0.39 is 0 Å². The minimum Gasteiger partial charge on any atom is -0.312 e. The van der Waals surface area contributed by atoms with Gasteiger partial charge in [0, 0.05) is 18.6 Å². The van der Waals surface area contributed by atoms with Crippen molar-refractivity contribution < 1.29 is 0 Å². The lowest BCUT2D eigenvalue weighted by Crippen LogP contribution is -2.40. The Morgan fingerprint density at radius 1 is 1.00 bits per heavy atom. The van der Waals surface area contributed by atoms with Crippen LogP contribution in [-0.2, 0) is 0 Å². The van der Waals surface area contributed by atoms with Gasteiger partial charge in [-0.25, -0.2) is 0 Å². The molecular formula is C17H30N2. The first-order valence-electron chi connectivity index (χ1n) is 7.62. The zero-order valence-electron chi connectivity index (χ0n) is 13.2. The number of benzene rings is 1. The number of rotatable bonds is 8. The predicted molar refractivity (Wildman–Crippen MR) is 84.4 cm³/mol. The molecule has 0 radical (unpaired) electrons. The lowest BCUT2D eigenvalue weighted by Gasteiger charge is -2.32. The van der Waals surface area contributed by atoms with Crippen LogP contribution in [-0.4, -0.2) is 30.6 Å². The van der Waals surface area contributed by atoms with Gasteiger partial charge in [-0.1, -0.05) is 58.0 Å². The van der Waals surface area contributed by atoms with Gasteiger partial charge in [0.1, 0.15) is 0 Å².